The number of hydrogen-bond donors (Lipinski definition) is 1. The second-order valence-electron chi connectivity index (χ2n) is 5.65. The van der Waals surface area contributed by atoms with Gasteiger partial charge in [-0.1, -0.05) is 30.3 Å². The molecule has 0 aliphatic heterocycles. The molecule has 136 valence electrons. The Balaban J connectivity index is 2.14. The smallest absolute Gasteiger partial charge is 0.417 e. The molecule has 0 bridgehead atoms. The van der Waals surface area contributed by atoms with Crippen LogP contribution in [0.1, 0.15) is 26.5 Å². The quantitative estimate of drug-likeness (QED) is 0.654. The third-order valence-electron chi connectivity index (χ3n) is 3.90. The van der Waals surface area contributed by atoms with Crippen LogP contribution in [-0.4, -0.2) is 16.1 Å². The second-order valence-corrected chi connectivity index (χ2v) is 6.65. The summed E-state index contributed by atoms with van der Waals surface area (Å²) in [6.07, 6.45) is -4.55. The fraction of sp³-hybridized carbons (Fsp3) is 0.105. The van der Waals surface area contributed by atoms with Gasteiger partial charge in [0.2, 0.25) is 0 Å². The Hall–Kier alpha value is -3.18. The standard InChI is InChI=1S/C19H11F3N2O2S/c1-10-16(18(25)26)27-17(24-10)11-6-7-13(12(8-11)9-23)14-4-2-3-5-15(14)19(20,21)22/h2-8H,1H3,(H,25,26). The van der Waals surface area contributed by atoms with Crippen LogP contribution in [0, 0.1) is 18.3 Å². The van der Waals surface area contributed by atoms with Gasteiger partial charge in [0.1, 0.15) is 9.88 Å². The number of nitriles is 1. The largest absolute Gasteiger partial charge is 0.477 e. The van der Waals surface area contributed by atoms with E-state index in [-0.39, 0.29) is 21.6 Å². The van der Waals surface area contributed by atoms with Gasteiger partial charge in [0, 0.05) is 11.1 Å². The van der Waals surface area contributed by atoms with E-state index in [2.05, 4.69) is 4.98 Å². The van der Waals surface area contributed by atoms with E-state index in [0.29, 0.717) is 16.3 Å². The van der Waals surface area contributed by atoms with E-state index in [4.69, 9.17) is 5.11 Å². The van der Waals surface area contributed by atoms with Crippen molar-refractivity contribution >= 4 is 17.3 Å². The van der Waals surface area contributed by atoms with Gasteiger partial charge in [0.25, 0.3) is 0 Å². The maximum atomic E-state index is 13.3. The van der Waals surface area contributed by atoms with Crippen molar-refractivity contribution in [1.29, 1.82) is 5.26 Å². The summed E-state index contributed by atoms with van der Waals surface area (Å²) in [7, 11) is 0. The number of alkyl halides is 3. The van der Waals surface area contributed by atoms with E-state index in [1.54, 1.807) is 6.92 Å². The fourth-order valence-electron chi connectivity index (χ4n) is 2.69. The molecule has 0 spiro atoms. The normalized spacial score (nSPS) is 11.2. The molecule has 2 aromatic carbocycles. The highest BCUT2D eigenvalue weighted by Crippen LogP contribution is 2.39. The molecule has 1 heterocycles. The predicted molar refractivity (Wildman–Crippen MR) is 94.4 cm³/mol. The third kappa shape index (κ3) is 3.55. The minimum Gasteiger partial charge on any atom is -0.477 e. The Kier molecular flexibility index (Phi) is 4.72. The molecule has 1 N–H and O–H groups in total. The summed E-state index contributed by atoms with van der Waals surface area (Å²) >= 11 is 0.949. The van der Waals surface area contributed by atoms with Crippen LogP contribution in [0.4, 0.5) is 13.2 Å². The molecule has 8 heteroatoms. The number of aromatic carboxylic acids is 1. The monoisotopic (exact) mass is 388 g/mol. The van der Waals surface area contributed by atoms with Gasteiger partial charge in [-0.3, -0.25) is 0 Å². The van der Waals surface area contributed by atoms with E-state index in [0.717, 1.165) is 17.4 Å². The number of carboxylic acids is 1. The van der Waals surface area contributed by atoms with Crippen LogP contribution in [0.5, 0.6) is 0 Å². The number of aryl methyl sites for hydroxylation is 1. The summed E-state index contributed by atoms with van der Waals surface area (Å²) in [4.78, 5) is 15.4. The lowest BCUT2D eigenvalue weighted by atomic mass is 9.94. The SMILES string of the molecule is Cc1nc(-c2ccc(-c3ccccc3C(F)(F)F)c(C#N)c2)sc1C(=O)O. The molecule has 0 aliphatic rings. The van der Waals surface area contributed by atoms with Gasteiger partial charge in [-0.25, -0.2) is 9.78 Å². The molecule has 0 radical (unpaired) electrons. The molecule has 0 fully saturated rings. The molecule has 3 rings (SSSR count). The number of rotatable bonds is 3. The van der Waals surface area contributed by atoms with Gasteiger partial charge in [0.05, 0.1) is 22.9 Å². The fourth-order valence-corrected chi connectivity index (χ4v) is 3.59. The van der Waals surface area contributed by atoms with Crippen LogP contribution in [0.25, 0.3) is 21.7 Å². The van der Waals surface area contributed by atoms with E-state index in [1.165, 1.54) is 36.4 Å². The van der Waals surface area contributed by atoms with E-state index in [1.807, 2.05) is 6.07 Å². The first kappa shape index (κ1) is 18.6. The highest BCUT2D eigenvalue weighted by Gasteiger charge is 2.33. The minimum absolute atomic E-state index is 0.0499. The lowest BCUT2D eigenvalue weighted by molar-refractivity contribution is -0.137. The highest BCUT2D eigenvalue weighted by atomic mass is 32.1. The number of hydrogen-bond acceptors (Lipinski definition) is 4. The number of carbonyl (C=O) groups is 1. The van der Waals surface area contributed by atoms with Crippen molar-refractivity contribution in [2.24, 2.45) is 0 Å². The molecule has 0 saturated carbocycles. The highest BCUT2D eigenvalue weighted by molar-refractivity contribution is 7.17. The van der Waals surface area contributed by atoms with Crippen molar-refractivity contribution in [3.8, 4) is 27.8 Å². The van der Waals surface area contributed by atoms with Gasteiger partial charge in [-0.2, -0.15) is 18.4 Å². The molecule has 0 saturated heterocycles. The molecule has 3 aromatic rings. The van der Waals surface area contributed by atoms with Crippen LogP contribution >= 0.6 is 11.3 Å². The molecule has 0 amide bonds. The average molecular weight is 388 g/mol. The van der Waals surface area contributed by atoms with Crippen molar-refractivity contribution in [1.82, 2.24) is 4.98 Å². The average Bonchev–Trinajstić information content (AvgIpc) is 3.02. The summed E-state index contributed by atoms with van der Waals surface area (Å²) in [6.45, 7) is 1.56. The third-order valence-corrected chi connectivity index (χ3v) is 5.09. The number of benzene rings is 2. The topological polar surface area (TPSA) is 74.0 Å². The number of carboxylic acid groups (broad SMARTS) is 1. The number of halogens is 3. The molecular formula is C19H11F3N2O2S. The van der Waals surface area contributed by atoms with Crippen LogP contribution in [0.3, 0.4) is 0 Å². The molecule has 27 heavy (non-hydrogen) atoms. The van der Waals surface area contributed by atoms with Gasteiger partial charge in [-0.15, -0.1) is 11.3 Å². The van der Waals surface area contributed by atoms with Crippen molar-refractivity contribution < 1.29 is 23.1 Å². The molecule has 1 aromatic heterocycles. The Morgan fingerprint density at radius 3 is 2.48 bits per heavy atom. The van der Waals surface area contributed by atoms with E-state index >= 15 is 0 Å². The first-order valence-electron chi connectivity index (χ1n) is 7.64. The van der Waals surface area contributed by atoms with Crippen molar-refractivity contribution in [3.63, 3.8) is 0 Å². The molecule has 0 atom stereocenters. The Labute approximate surface area is 156 Å². The van der Waals surface area contributed by atoms with Crippen molar-refractivity contribution in [3.05, 3.63) is 64.2 Å². The van der Waals surface area contributed by atoms with Gasteiger partial charge < -0.3 is 5.11 Å². The van der Waals surface area contributed by atoms with E-state index in [9.17, 15) is 23.2 Å². The zero-order valence-corrected chi connectivity index (χ0v) is 14.6. The van der Waals surface area contributed by atoms with Gasteiger partial charge in [0.15, 0.2) is 0 Å². The lowest BCUT2D eigenvalue weighted by Gasteiger charge is -2.14. The Morgan fingerprint density at radius 1 is 1.19 bits per heavy atom. The molecule has 0 aliphatic carbocycles. The number of aromatic nitrogens is 1. The maximum absolute atomic E-state index is 13.3. The molecule has 4 nitrogen and oxygen atoms in total. The number of nitrogens with zero attached hydrogens (tertiary/aromatic N) is 2. The van der Waals surface area contributed by atoms with Crippen LogP contribution < -0.4 is 0 Å². The van der Waals surface area contributed by atoms with Crippen LogP contribution in [0.2, 0.25) is 0 Å². The van der Waals surface area contributed by atoms with Crippen LogP contribution in [0.15, 0.2) is 42.5 Å². The van der Waals surface area contributed by atoms with Crippen molar-refractivity contribution in [2.45, 2.75) is 13.1 Å². The second kappa shape index (κ2) is 6.85. The molecular weight excluding hydrogens is 377 g/mol. The van der Waals surface area contributed by atoms with Crippen molar-refractivity contribution in [2.75, 3.05) is 0 Å². The summed E-state index contributed by atoms with van der Waals surface area (Å²) in [6, 6.07) is 11.4. The summed E-state index contributed by atoms with van der Waals surface area (Å²) in [5, 5.41) is 19.0. The zero-order chi connectivity index (χ0) is 19.8. The lowest BCUT2D eigenvalue weighted by Crippen LogP contribution is -2.07. The summed E-state index contributed by atoms with van der Waals surface area (Å²) < 4.78 is 39.9. The summed E-state index contributed by atoms with van der Waals surface area (Å²) in [5.41, 5.74) is 0.102. The van der Waals surface area contributed by atoms with E-state index < -0.39 is 17.7 Å². The first-order chi connectivity index (χ1) is 12.7. The maximum Gasteiger partial charge on any atom is 0.417 e. The van der Waals surface area contributed by atoms with Gasteiger partial charge >= 0.3 is 12.1 Å². The number of thiazole rings is 1. The summed E-state index contributed by atoms with van der Waals surface area (Å²) in [5.74, 6) is -1.10. The van der Waals surface area contributed by atoms with Gasteiger partial charge in [-0.05, 0) is 24.6 Å². The molecule has 0 unspecified atom stereocenters. The minimum atomic E-state index is -4.55. The Morgan fingerprint density at radius 2 is 1.89 bits per heavy atom. The zero-order valence-electron chi connectivity index (χ0n) is 13.8. The first-order valence-corrected chi connectivity index (χ1v) is 8.46. The van der Waals surface area contributed by atoms with Crippen LogP contribution in [-0.2, 0) is 6.18 Å². The Bertz CT molecular complexity index is 1080. The predicted octanol–water partition coefficient (Wildman–Crippen LogP) is 5.37.